The van der Waals surface area contributed by atoms with Gasteiger partial charge in [0, 0.05) is 32.8 Å². The van der Waals surface area contributed by atoms with Crippen LogP contribution < -0.4 is 0 Å². The molecular weight excluding hydrogens is 680 g/mol. The van der Waals surface area contributed by atoms with Crippen molar-refractivity contribution in [3.63, 3.8) is 0 Å². The van der Waals surface area contributed by atoms with Crippen molar-refractivity contribution in [1.82, 2.24) is 0 Å². The Morgan fingerprint density at radius 3 is 1.15 bits per heavy atom. The molecule has 0 radical (unpaired) electrons. The summed E-state index contributed by atoms with van der Waals surface area (Å²) in [5.41, 5.74) is 2.88. The summed E-state index contributed by atoms with van der Waals surface area (Å²) in [5.74, 6) is -8.78. The molecular formula is C36H39Cl3F5NO2. The predicted molar refractivity (Wildman–Crippen MR) is 184 cm³/mol. The third-order valence-electron chi connectivity index (χ3n) is 6.71. The number of benzene rings is 4. The number of nitrogens with zero attached hydrogens (tertiary/aromatic N) is 1. The van der Waals surface area contributed by atoms with Gasteiger partial charge in [-0.1, -0.05) is 121 Å². The number of hydrogen-bond donors (Lipinski definition) is 0. The topological polar surface area (TPSA) is 43.1 Å². The van der Waals surface area contributed by atoms with Gasteiger partial charge in [0.15, 0.2) is 23.3 Å². The lowest BCUT2D eigenvalue weighted by atomic mass is 10.0. The summed E-state index contributed by atoms with van der Waals surface area (Å²) in [5, 5.41) is 12.6. The maximum absolute atomic E-state index is 12.9. The molecule has 0 spiro atoms. The second kappa shape index (κ2) is 19.6. The van der Waals surface area contributed by atoms with E-state index < -0.39 is 40.6 Å². The highest BCUT2D eigenvalue weighted by atomic mass is 35.5. The quantitative estimate of drug-likeness (QED) is 0.0678. The molecule has 0 aliphatic heterocycles. The molecule has 11 heteroatoms. The SMILES string of the molecule is CC(C)c1c(Cl)cccc1Cl.CC(C)c1c(F)c(F)c(F)c(F)c1F.CC(C)c1ccc(Cl)cc1.CC(C)c1ccc([N+](=O)[O-])cc1. The van der Waals surface area contributed by atoms with E-state index in [0.29, 0.717) is 17.8 Å². The van der Waals surface area contributed by atoms with E-state index in [9.17, 15) is 32.1 Å². The molecule has 0 aromatic heterocycles. The molecule has 4 rings (SSSR count). The number of halogens is 8. The van der Waals surface area contributed by atoms with E-state index in [1.165, 1.54) is 31.5 Å². The van der Waals surface area contributed by atoms with Gasteiger partial charge in [0.2, 0.25) is 5.82 Å². The van der Waals surface area contributed by atoms with Gasteiger partial charge in [0.05, 0.1) is 4.92 Å². The highest BCUT2D eigenvalue weighted by Crippen LogP contribution is 2.31. The number of nitro benzene ring substituents is 1. The van der Waals surface area contributed by atoms with Gasteiger partial charge in [0.25, 0.3) is 5.69 Å². The Morgan fingerprint density at radius 2 is 0.851 bits per heavy atom. The lowest BCUT2D eigenvalue weighted by molar-refractivity contribution is -0.384. The molecule has 0 unspecified atom stereocenters. The molecule has 0 amide bonds. The van der Waals surface area contributed by atoms with Crippen LogP contribution in [0.3, 0.4) is 0 Å². The van der Waals surface area contributed by atoms with Crippen LogP contribution in [0.15, 0.2) is 66.7 Å². The van der Waals surface area contributed by atoms with Crippen LogP contribution in [-0.2, 0) is 0 Å². The molecule has 0 heterocycles. The zero-order valence-electron chi connectivity index (χ0n) is 27.4. The molecule has 3 nitrogen and oxygen atoms in total. The van der Waals surface area contributed by atoms with Gasteiger partial charge in [-0.15, -0.1) is 0 Å². The van der Waals surface area contributed by atoms with E-state index in [4.69, 9.17) is 34.8 Å². The molecule has 0 saturated carbocycles. The standard InChI is InChI=1S/C9H10Cl2.C9H11Cl.C9H7F5.C9H11NO2/c1-6(2)9-7(10)4-3-5-8(9)11;1-7(2)8-3-5-9(10)6-4-8;1-3(2)4-5(10)7(12)9(14)8(13)6(4)11;1-7(2)8-3-5-9(6-4-8)10(11)12/h3-6H,1-2H3;3-7H,1-2H3;3H,1-2H3;3-7H,1-2H3. The second-order valence-electron chi connectivity index (χ2n) is 11.6. The smallest absolute Gasteiger partial charge is 0.258 e. The van der Waals surface area contributed by atoms with E-state index in [1.54, 1.807) is 12.1 Å². The van der Waals surface area contributed by atoms with Crippen LogP contribution >= 0.6 is 34.8 Å². The van der Waals surface area contributed by atoms with E-state index in [-0.39, 0.29) is 10.6 Å². The predicted octanol–water partition coefficient (Wildman–Crippen LogP) is 13.8. The fourth-order valence-electron chi connectivity index (χ4n) is 4.02. The first-order chi connectivity index (χ1) is 21.8. The zero-order valence-corrected chi connectivity index (χ0v) is 29.7. The van der Waals surface area contributed by atoms with Gasteiger partial charge >= 0.3 is 0 Å². The first-order valence-corrected chi connectivity index (χ1v) is 15.9. The van der Waals surface area contributed by atoms with Gasteiger partial charge in [-0.2, -0.15) is 0 Å². The summed E-state index contributed by atoms with van der Waals surface area (Å²) in [6, 6.07) is 20.2. The van der Waals surface area contributed by atoms with E-state index in [2.05, 4.69) is 53.7 Å². The van der Waals surface area contributed by atoms with Gasteiger partial charge in [-0.25, -0.2) is 22.0 Å². The van der Waals surface area contributed by atoms with Crippen molar-refractivity contribution >= 4 is 40.5 Å². The number of hydrogen-bond acceptors (Lipinski definition) is 2. The minimum atomic E-state index is -2.12. The Labute approximate surface area is 288 Å². The summed E-state index contributed by atoms with van der Waals surface area (Å²) < 4.78 is 63.6. The average molecular weight is 719 g/mol. The van der Waals surface area contributed by atoms with E-state index >= 15 is 0 Å². The Balaban J connectivity index is 0.000000316. The van der Waals surface area contributed by atoms with E-state index in [0.717, 1.165) is 26.2 Å². The van der Waals surface area contributed by atoms with Crippen LogP contribution in [0.5, 0.6) is 0 Å². The Kier molecular flexibility index (Phi) is 17.4. The third-order valence-corrected chi connectivity index (χ3v) is 7.62. The highest BCUT2D eigenvalue weighted by molar-refractivity contribution is 6.36. The minimum Gasteiger partial charge on any atom is -0.258 e. The Morgan fingerprint density at radius 1 is 0.511 bits per heavy atom. The molecule has 0 saturated heterocycles. The molecule has 4 aromatic carbocycles. The molecule has 0 aliphatic rings. The van der Waals surface area contributed by atoms with Crippen molar-refractivity contribution < 1.29 is 26.9 Å². The monoisotopic (exact) mass is 717 g/mol. The van der Waals surface area contributed by atoms with Crippen LogP contribution in [0.1, 0.15) is 101 Å². The molecule has 47 heavy (non-hydrogen) atoms. The van der Waals surface area contributed by atoms with Gasteiger partial charge in [0.1, 0.15) is 0 Å². The minimum absolute atomic E-state index is 0.152. The second-order valence-corrected chi connectivity index (χ2v) is 12.9. The Bertz CT molecular complexity index is 1540. The largest absolute Gasteiger partial charge is 0.269 e. The molecule has 0 N–H and O–H groups in total. The van der Waals surface area contributed by atoms with E-state index in [1.807, 2.05) is 30.3 Å². The molecule has 4 aromatic rings. The summed E-state index contributed by atoms with van der Waals surface area (Å²) >= 11 is 17.6. The van der Waals surface area contributed by atoms with Crippen molar-refractivity contribution in [1.29, 1.82) is 0 Å². The van der Waals surface area contributed by atoms with Crippen LogP contribution in [0.4, 0.5) is 27.6 Å². The first-order valence-electron chi connectivity index (χ1n) is 14.8. The van der Waals surface area contributed by atoms with Gasteiger partial charge in [-0.3, -0.25) is 10.1 Å². The van der Waals surface area contributed by atoms with Crippen molar-refractivity contribution in [2.75, 3.05) is 0 Å². The number of nitro groups is 1. The molecule has 0 atom stereocenters. The van der Waals surface area contributed by atoms with Crippen LogP contribution in [0, 0.1) is 39.2 Å². The summed E-state index contributed by atoms with van der Waals surface area (Å²) in [4.78, 5) is 9.90. The third kappa shape index (κ3) is 12.7. The molecule has 0 bridgehead atoms. The summed E-state index contributed by atoms with van der Waals surface area (Å²) in [6.45, 7) is 15.3. The fraction of sp³-hybridized carbons (Fsp3) is 0.333. The van der Waals surface area contributed by atoms with Crippen LogP contribution in [0.25, 0.3) is 0 Å². The fourth-order valence-corrected chi connectivity index (χ4v) is 4.98. The molecule has 256 valence electrons. The maximum Gasteiger partial charge on any atom is 0.269 e. The van der Waals surface area contributed by atoms with Gasteiger partial charge < -0.3 is 0 Å². The molecule has 0 aliphatic carbocycles. The van der Waals surface area contributed by atoms with Gasteiger partial charge in [-0.05, 0) is 64.6 Å². The van der Waals surface area contributed by atoms with Crippen molar-refractivity contribution in [3.05, 3.63) is 143 Å². The molecule has 0 fully saturated rings. The summed E-state index contributed by atoms with van der Waals surface area (Å²) in [7, 11) is 0. The summed E-state index contributed by atoms with van der Waals surface area (Å²) in [6.07, 6.45) is 0. The van der Waals surface area contributed by atoms with Crippen molar-refractivity contribution in [2.24, 2.45) is 0 Å². The first kappa shape index (κ1) is 41.8. The van der Waals surface area contributed by atoms with Crippen LogP contribution in [-0.4, -0.2) is 4.92 Å². The highest BCUT2D eigenvalue weighted by Gasteiger charge is 2.26. The number of non-ortho nitro benzene ring substituents is 1. The maximum atomic E-state index is 12.9. The van der Waals surface area contributed by atoms with Crippen molar-refractivity contribution in [2.45, 2.75) is 79.1 Å². The van der Waals surface area contributed by atoms with Crippen LogP contribution in [0.2, 0.25) is 15.1 Å². The lowest BCUT2D eigenvalue weighted by Crippen LogP contribution is -2.08. The normalized spacial score (nSPS) is 10.6. The zero-order chi connectivity index (χ0) is 36.2. The number of rotatable bonds is 5. The average Bonchev–Trinajstić information content (AvgIpc) is 3.00. The lowest BCUT2D eigenvalue weighted by Gasteiger charge is -2.10. The van der Waals surface area contributed by atoms with Crippen molar-refractivity contribution in [3.8, 4) is 0 Å². The Hall–Kier alpha value is -3.20.